The minimum Gasteiger partial charge on any atom is -0.488 e. The highest BCUT2D eigenvalue weighted by Crippen LogP contribution is 2.23. The standard InChI is InChI=1S/C16H15BrO2/c1-11-4-3-5-12(2)15(11)10-19-16-7-6-14(17)8-13(16)9-18/h3-9H,10H2,1-2H3. The molecule has 2 nitrogen and oxygen atoms in total. The highest BCUT2D eigenvalue weighted by molar-refractivity contribution is 9.10. The number of benzene rings is 2. The molecule has 0 bridgehead atoms. The van der Waals surface area contributed by atoms with Crippen molar-refractivity contribution < 1.29 is 9.53 Å². The summed E-state index contributed by atoms with van der Waals surface area (Å²) in [5, 5.41) is 0. The molecule has 0 aromatic heterocycles. The number of aryl methyl sites for hydroxylation is 2. The van der Waals surface area contributed by atoms with E-state index in [2.05, 4.69) is 41.9 Å². The smallest absolute Gasteiger partial charge is 0.153 e. The maximum atomic E-state index is 11.0. The lowest BCUT2D eigenvalue weighted by Gasteiger charge is -2.12. The molecule has 3 heteroatoms. The summed E-state index contributed by atoms with van der Waals surface area (Å²) in [6, 6.07) is 11.6. The summed E-state index contributed by atoms with van der Waals surface area (Å²) in [7, 11) is 0. The van der Waals surface area contributed by atoms with E-state index in [1.807, 2.05) is 12.1 Å². The van der Waals surface area contributed by atoms with Crippen molar-refractivity contribution in [2.45, 2.75) is 20.5 Å². The van der Waals surface area contributed by atoms with Crippen LogP contribution in [0.25, 0.3) is 0 Å². The van der Waals surface area contributed by atoms with E-state index in [1.165, 1.54) is 16.7 Å². The molecule has 98 valence electrons. The first-order valence-electron chi connectivity index (χ1n) is 6.04. The molecule has 2 rings (SSSR count). The van der Waals surface area contributed by atoms with Gasteiger partial charge in [0.2, 0.25) is 0 Å². The van der Waals surface area contributed by atoms with Crippen molar-refractivity contribution >= 4 is 22.2 Å². The van der Waals surface area contributed by atoms with Crippen molar-refractivity contribution in [3.63, 3.8) is 0 Å². The molecule has 0 radical (unpaired) electrons. The van der Waals surface area contributed by atoms with E-state index in [-0.39, 0.29) is 0 Å². The molecule has 0 saturated carbocycles. The van der Waals surface area contributed by atoms with Crippen molar-refractivity contribution in [2.24, 2.45) is 0 Å². The maximum absolute atomic E-state index is 11.0. The molecule has 0 amide bonds. The van der Waals surface area contributed by atoms with Crippen LogP contribution in [-0.4, -0.2) is 6.29 Å². The second-order valence-electron chi connectivity index (χ2n) is 4.46. The summed E-state index contributed by atoms with van der Waals surface area (Å²) in [6.45, 7) is 4.60. The molecule has 0 saturated heterocycles. The van der Waals surface area contributed by atoms with E-state index >= 15 is 0 Å². The van der Waals surface area contributed by atoms with Crippen molar-refractivity contribution in [3.05, 3.63) is 63.1 Å². The van der Waals surface area contributed by atoms with Gasteiger partial charge in [0.05, 0.1) is 5.56 Å². The number of halogens is 1. The molecule has 19 heavy (non-hydrogen) atoms. The lowest BCUT2D eigenvalue weighted by molar-refractivity contribution is 0.111. The highest BCUT2D eigenvalue weighted by atomic mass is 79.9. The lowest BCUT2D eigenvalue weighted by atomic mass is 10.0. The van der Waals surface area contributed by atoms with E-state index in [9.17, 15) is 4.79 Å². The Balaban J connectivity index is 2.21. The van der Waals surface area contributed by atoms with Crippen molar-refractivity contribution in [3.8, 4) is 5.75 Å². The Bertz CT molecular complexity index is 585. The molecule has 0 fully saturated rings. The fourth-order valence-corrected chi connectivity index (χ4v) is 2.35. The molecular formula is C16H15BrO2. The number of aldehydes is 1. The quantitative estimate of drug-likeness (QED) is 0.778. The average Bonchev–Trinajstić information content (AvgIpc) is 2.39. The van der Waals surface area contributed by atoms with Gasteiger partial charge in [-0.15, -0.1) is 0 Å². The normalized spacial score (nSPS) is 10.3. The highest BCUT2D eigenvalue weighted by Gasteiger charge is 2.07. The molecule has 0 N–H and O–H groups in total. The average molecular weight is 319 g/mol. The van der Waals surface area contributed by atoms with E-state index in [0.29, 0.717) is 17.9 Å². The van der Waals surface area contributed by atoms with Gasteiger partial charge in [0.25, 0.3) is 0 Å². The topological polar surface area (TPSA) is 26.3 Å². The van der Waals surface area contributed by atoms with Gasteiger partial charge < -0.3 is 4.74 Å². The Morgan fingerprint density at radius 3 is 2.47 bits per heavy atom. The number of rotatable bonds is 4. The van der Waals surface area contributed by atoms with Crippen molar-refractivity contribution in [1.29, 1.82) is 0 Å². The van der Waals surface area contributed by atoms with Gasteiger partial charge in [-0.1, -0.05) is 34.1 Å². The number of carbonyl (C=O) groups is 1. The first-order valence-corrected chi connectivity index (χ1v) is 6.83. The second kappa shape index (κ2) is 6.02. The van der Waals surface area contributed by atoms with E-state index in [4.69, 9.17) is 4.74 Å². The molecule has 2 aromatic rings. The fraction of sp³-hybridized carbons (Fsp3) is 0.188. The van der Waals surface area contributed by atoms with Crippen LogP contribution in [-0.2, 0) is 6.61 Å². The monoisotopic (exact) mass is 318 g/mol. The lowest BCUT2D eigenvalue weighted by Crippen LogP contribution is -2.02. The Kier molecular flexibility index (Phi) is 4.38. The molecule has 0 unspecified atom stereocenters. The van der Waals surface area contributed by atoms with E-state index < -0.39 is 0 Å². The second-order valence-corrected chi connectivity index (χ2v) is 5.37. The Hall–Kier alpha value is -1.61. The Morgan fingerprint density at radius 1 is 1.16 bits per heavy atom. The summed E-state index contributed by atoms with van der Waals surface area (Å²) in [6.07, 6.45) is 0.810. The zero-order valence-corrected chi connectivity index (χ0v) is 12.5. The van der Waals surface area contributed by atoms with Crippen LogP contribution in [0.5, 0.6) is 5.75 Å². The number of ether oxygens (including phenoxy) is 1. The predicted octanol–water partition coefficient (Wildman–Crippen LogP) is 4.46. The van der Waals surface area contributed by atoms with Crippen LogP contribution in [0, 0.1) is 13.8 Å². The van der Waals surface area contributed by atoms with Crippen molar-refractivity contribution in [1.82, 2.24) is 0 Å². The summed E-state index contributed by atoms with van der Waals surface area (Å²) in [5.41, 5.74) is 4.12. The number of hydrogen-bond donors (Lipinski definition) is 0. The van der Waals surface area contributed by atoms with Gasteiger partial charge in [0.1, 0.15) is 12.4 Å². The molecular weight excluding hydrogens is 304 g/mol. The van der Waals surface area contributed by atoms with E-state index in [0.717, 1.165) is 10.8 Å². The van der Waals surface area contributed by atoms with Crippen LogP contribution in [0.15, 0.2) is 40.9 Å². The Labute approximate surface area is 121 Å². The zero-order chi connectivity index (χ0) is 13.8. The summed E-state index contributed by atoms with van der Waals surface area (Å²) in [5.74, 6) is 0.612. The van der Waals surface area contributed by atoms with Crippen LogP contribution in [0.2, 0.25) is 0 Å². The molecule has 0 heterocycles. The molecule has 0 spiro atoms. The predicted molar refractivity (Wildman–Crippen MR) is 79.8 cm³/mol. The van der Waals surface area contributed by atoms with Gasteiger partial charge in [-0.3, -0.25) is 4.79 Å². The summed E-state index contributed by atoms with van der Waals surface area (Å²) < 4.78 is 6.65. The van der Waals surface area contributed by atoms with Crippen molar-refractivity contribution in [2.75, 3.05) is 0 Å². The first-order chi connectivity index (χ1) is 9.11. The largest absolute Gasteiger partial charge is 0.488 e. The Morgan fingerprint density at radius 2 is 1.84 bits per heavy atom. The third-order valence-corrected chi connectivity index (χ3v) is 3.61. The molecule has 0 aliphatic carbocycles. The summed E-state index contributed by atoms with van der Waals surface area (Å²) in [4.78, 5) is 11.0. The van der Waals surface area contributed by atoms with Gasteiger partial charge in [0.15, 0.2) is 6.29 Å². The minimum absolute atomic E-state index is 0.473. The zero-order valence-electron chi connectivity index (χ0n) is 10.9. The molecule has 2 aromatic carbocycles. The van der Waals surface area contributed by atoms with E-state index in [1.54, 1.807) is 12.1 Å². The van der Waals surface area contributed by atoms with Gasteiger partial charge in [-0.05, 0) is 48.7 Å². The van der Waals surface area contributed by atoms with Crippen LogP contribution in [0.3, 0.4) is 0 Å². The maximum Gasteiger partial charge on any atom is 0.153 e. The first kappa shape index (κ1) is 13.8. The third-order valence-electron chi connectivity index (χ3n) is 3.12. The van der Waals surface area contributed by atoms with Gasteiger partial charge in [0, 0.05) is 4.47 Å². The SMILES string of the molecule is Cc1cccc(C)c1COc1ccc(Br)cc1C=O. The third kappa shape index (κ3) is 3.24. The van der Waals surface area contributed by atoms with Gasteiger partial charge in [-0.25, -0.2) is 0 Å². The molecule has 0 aliphatic heterocycles. The molecule has 0 aliphatic rings. The fourth-order valence-electron chi connectivity index (χ4n) is 1.97. The van der Waals surface area contributed by atoms with Crippen LogP contribution >= 0.6 is 15.9 Å². The number of carbonyl (C=O) groups excluding carboxylic acids is 1. The number of hydrogen-bond acceptors (Lipinski definition) is 2. The van der Waals surface area contributed by atoms with Crippen LogP contribution < -0.4 is 4.74 Å². The molecule has 0 atom stereocenters. The van der Waals surface area contributed by atoms with Gasteiger partial charge >= 0.3 is 0 Å². The van der Waals surface area contributed by atoms with Crippen LogP contribution in [0.1, 0.15) is 27.0 Å². The van der Waals surface area contributed by atoms with Gasteiger partial charge in [-0.2, -0.15) is 0 Å². The van der Waals surface area contributed by atoms with Crippen LogP contribution in [0.4, 0.5) is 0 Å². The minimum atomic E-state index is 0.473. The summed E-state index contributed by atoms with van der Waals surface area (Å²) >= 11 is 3.34.